The van der Waals surface area contributed by atoms with E-state index in [0.29, 0.717) is 14.2 Å². The Morgan fingerprint density at radius 1 is 1.00 bits per heavy atom. The van der Waals surface area contributed by atoms with E-state index in [2.05, 4.69) is 13.3 Å². The first-order valence-corrected chi connectivity index (χ1v) is 8.37. The molecule has 0 aliphatic carbocycles. The van der Waals surface area contributed by atoms with Crippen LogP contribution in [-0.4, -0.2) is 58.7 Å². The highest BCUT2D eigenvalue weighted by Gasteiger charge is 2.67. The first kappa shape index (κ1) is 22.2. The third kappa shape index (κ3) is 8.94. The second-order valence-electron chi connectivity index (χ2n) is 2.94. The molecule has 0 aromatic carbocycles. The molecule has 0 aromatic rings. The van der Waals surface area contributed by atoms with Crippen molar-refractivity contribution in [3.8, 4) is 0 Å². The number of halogens is 5. The van der Waals surface area contributed by atoms with Gasteiger partial charge in [-0.2, -0.15) is 22.0 Å². The van der Waals surface area contributed by atoms with Crippen molar-refractivity contribution in [2.45, 2.75) is 26.3 Å². The molecule has 20 heavy (non-hydrogen) atoms. The molecule has 0 N–H and O–H groups in total. The highest BCUT2D eigenvalue weighted by atomic mass is 28.4. The van der Waals surface area contributed by atoms with Gasteiger partial charge in [0, 0.05) is 27.4 Å². The van der Waals surface area contributed by atoms with Gasteiger partial charge in [0.05, 0.1) is 0 Å². The fraction of sp³-hybridized carbons (Fsp3) is 1.00. The minimum Gasteiger partial charge on any atom is -0.399 e. The summed E-state index contributed by atoms with van der Waals surface area (Å²) < 4.78 is 80.5. The summed E-state index contributed by atoms with van der Waals surface area (Å²) in [7, 11) is -4.64. The topological polar surface area (TPSA) is 46.2 Å². The zero-order valence-corrected chi connectivity index (χ0v) is 14.0. The zero-order chi connectivity index (χ0) is 16.2. The Labute approximate surface area is 117 Å². The van der Waals surface area contributed by atoms with Crippen LogP contribution in [0, 0.1) is 0 Å². The molecule has 0 atom stereocenters. The van der Waals surface area contributed by atoms with E-state index in [0.717, 1.165) is 13.2 Å². The van der Waals surface area contributed by atoms with E-state index < -0.39 is 31.2 Å². The average Bonchev–Trinajstić information content (AvgIpc) is 2.35. The predicted octanol–water partition coefficient (Wildman–Crippen LogP) is 1.62. The van der Waals surface area contributed by atoms with Gasteiger partial charge in [-0.25, -0.2) is 0 Å². The maximum atomic E-state index is 12.1. The van der Waals surface area contributed by atoms with Gasteiger partial charge in [-0.3, -0.25) is 0 Å². The fourth-order valence-corrected chi connectivity index (χ4v) is 2.46. The summed E-state index contributed by atoms with van der Waals surface area (Å²) in [5.74, 6) is -5.06. The van der Waals surface area contributed by atoms with Crippen molar-refractivity contribution >= 4 is 18.8 Å². The van der Waals surface area contributed by atoms with E-state index >= 15 is 0 Å². The number of hydrogen-bond donors (Lipinski definition) is 0. The molecule has 5 nitrogen and oxygen atoms in total. The van der Waals surface area contributed by atoms with Crippen molar-refractivity contribution in [2.24, 2.45) is 0 Å². The summed E-state index contributed by atoms with van der Waals surface area (Å²) in [6.07, 6.45) is 0. The van der Waals surface area contributed by atoms with E-state index in [1.165, 1.54) is 0 Å². The standard InChI is InChI=1S/C4H7F5O3Si.C4H12O2Si/c1-10-13(11-2,4(7,8)9)12-3(5)6;1-3-5-7-6-4-2/h3H,1-2H3;3-4,7H2,1-2H3. The second-order valence-corrected chi connectivity index (χ2v) is 6.73. The first-order valence-electron chi connectivity index (χ1n) is 5.49. The van der Waals surface area contributed by atoms with Gasteiger partial charge < -0.3 is 22.1 Å². The summed E-state index contributed by atoms with van der Waals surface area (Å²) >= 11 is 0. The van der Waals surface area contributed by atoms with Crippen molar-refractivity contribution in [3.63, 3.8) is 0 Å². The van der Waals surface area contributed by atoms with E-state index in [1.807, 2.05) is 13.8 Å². The average molecular weight is 346 g/mol. The van der Waals surface area contributed by atoms with E-state index in [1.54, 1.807) is 0 Å². The van der Waals surface area contributed by atoms with E-state index in [4.69, 9.17) is 8.85 Å². The fourth-order valence-electron chi connectivity index (χ4n) is 0.821. The Morgan fingerprint density at radius 2 is 1.40 bits per heavy atom. The first-order chi connectivity index (χ1) is 9.20. The molecule has 0 spiro atoms. The largest absolute Gasteiger partial charge is 0.619 e. The van der Waals surface area contributed by atoms with E-state index in [-0.39, 0.29) is 0 Å². The number of hydrogen-bond acceptors (Lipinski definition) is 5. The molecular formula is C8H19F5O5Si2. The van der Waals surface area contributed by atoms with Crippen LogP contribution in [0.4, 0.5) is 22.0 Å². The zero-order valence-electron chi connectivity index (χ0n) is 11.6. The quantitative estimate of drug-likeness (QED) is 0.380. The highest BCUT2D eigenvalue weighted by Crippen LogP contribution is 2.31. The van der Waals surface area contributed by atoms with Crippen LogP contribution in [0.15, 0.2) is 0 Å². The Morgan fingerprint density at radius 3 is 1.55 bits per heavy atom. The van der Waals surface area contributed by atoms with Crippen LogP contribution in [0.5, 0.6) is 0 Å². The molecular weight excluding hydrogens is 327 g/mol. The molecule has 0 radical (unpaired) electrons. The molecule has 0 aliphatic rings. The maximum Gasteiger partial charge on any atom is 0.619 e. The van der Waals surface area contributed by atoms with Gasteiger partial charge in [-0.1, -0.05) is 0 Å². The van der Waals surface area contributed by atoms with Crippen LogP contribution in [0.25, 0.3) is 0 Å². The van der Waals surface area contributed by atoms with Crippen LogP contribution < -0.4 is 0 Å². The monoisotopic (exact) mass is 346 g/mol. The molecule has 0 aromatic heterocycles. The van der Waals surface area contributed by atoms with Crippen LogP contribution in [0.1, 0.15) is 13.8 Å². The molecule has 0 rings (SSSR count). The molecule has 0 heterocycles. The lowest BCUT2D eigenvalue weighted by Crippen LogP contribution is -2.58. The molecule has 0 saturated carbocycles. The molecule has 124 valence electrons. The van der Waals surface area contributed by atoms with Crippen molar-refractivity contribution in [1.82, 2.24) is 0 Å². The Bertz CT molecular complexity index is 224. The number of alkyl halides is 5. The summed E-state index contributed by atoms with van der Waals surface area (Å²) in [4.78, 5) is 0. The van der Waals surface area contributed by atoms with Gasteiger partial charge in [-0.05, 0) is 13.8 Å². The molecule has 0 saturated heterocycles. The Balaban J connectivity index is 0. The van der Waals surface area contributed by atoms with Crippen LogP contribution in [0.2, 0.25) is 0 Å². The van der Waals surface area contributed by atoms with E-state index in [9.17, 15) is 22.0 Å². The molecule has 12 heteroatoms. The van der Waals surface area contributed by atoms with Gasteiger partial charge in [0.25, 0.3) is 0 Å². The van der Waals surface area contributed by atoms with Crippen molar-refractivity contribution in [3.05, 3.63) is 0 Å². The maximum absolute atomic E-state index is 12.1. The highest BCUT2D eigenvalue weighted by molar-refractivity contribution is 6.62. The summed E-state index contributed by atoms with van der Waals surface area (Å²) in [6, 6.07) is 0. The van der Waals surface area contributed by atoms with Crippen molar-refractivity contribution < 1.29 is 44.1 Å². The van der Waals surface area contributed by atoms with Crippen molar-refractivity contribution in [1.29, 1.82) is 0 Å². The van der Waals surface area contributed by atoms with Gasteiger partial charge in [0.1, 0.15) is 0 Å². The molecule has 0 aliphatic heterocycles. The molecule has 0 unspecified atom stereocenters. The lowest BCUT2D eigenvalue weighted by Gasteiger charge is -2.27. The number of rotatable bonds is 8. The summed E-state index contributed by atoms with van der Waals surface area (Å²) in [5.41, 5.74) is 0. The molecule has 0 amide bonds. The third-order valence-corrected chi connectivity index (χ3v) is 5.11. The van der Waals surface area contributed by atoms with Crippen LogP contribution in [-0.2, 0) is 22.1 Å². The minimum absolute atomic E-state index is 0.589. The normalized spacial score (nSPS) is 12.3. The van der Waals surface area contributed by atoms with Crippen molar-refractivity contribution in [2.75, 3.05) is 27.4 Å². The minimum atomic E-state index is -5.26. The van der Waals surface area contributed by atoms with Gasteiger partial charge in [-0.15, -0.1) is 0 Å². The second kappa shape index (κ2) is 11.5. The predicted molar refractivity (Wildman–Crippen MR) is 64.7 cm³/mol. The molecule has 0 bridgehead atoms. The SMILES string of the molecule is CCO[SiH2]OCC.CO[Si](OC)(OC(F)F)C(F)(F)F. The smallest absolute Gasteiger partial charge is 0.399 e. The Hall–Kier alpha value is -0.116. The summed E-state index contributed by atoms with van der Waals surface area (Å²) in [6.45, 7) is 1.96. The van der Waals surface area contributed by atoms with Gasteiger partial charge in [0.2, 0.25) is 0 Å². The Kier molecular flexibility index (Phi) is 12.8. The van der Waals surface area contributed by atoms with Crippen LogP contribution >= 0.6 is 0 Å². The third-order valence-electron chi connectivity index (χ3n) is 1.70. The lowest BCUT2D eigenvalue weighted by molar-refractivity contribution is -0.171. The van der Waals surface area contributed by atoms with Crippen LogP contribution in [0.3, 0.4) is 0 Å². The van der Waals surface area contributed by atoms with Gasteiger partial charge >= 0.3 is 31.2 Å². The summed E-state index contributed by atoms with van der Waals surface area (Å²) in [5, 5.41) is 0. The molecule has 0 fully saturated rings. The lowest BCUT2D eigenvalue weighted by atomic mass is 10.9. The van der Waals surface area contributed by atoms with Gasteiger partial charge in [0.15, 0.2) is 0 Å².